The zero-order chi connectivity index (χ0) is 11.5. The molecule has 0 fully saturated rings. The van der Waals surface area contributed by atoms with E-state index in [1.54, 1.807) is 0 Å². The fourth-order valence-electron chi connectivity index (χ4n) is 1.24. The van der Waals surface area contributed by atoms with Gasteiger partial charge < -0.3 is 5.32 Å². The smallest absolute Gasteiger partial charge is 0.385 e. The van der Waals surface area contributed by atoms with E-state index in [1.165, 1.54) is 6.07 Å². The van der Waals surface area contributed by atoms with E-state index >= 15 is 0 Å². The van der Waals surface area contributed by atoms with E-state index in [4.69, 9.17) is 11.6 Å². The van der Waals surface area contributed by atoms with E-state index in [0.29, 0.717) is 17.8 Å². The van der Waals surface area contributed by atoms with E-state index in [9.17, 15) is 13.2 Å². The van der Waals surface area contributed by atoms with Gasteiger partial charge in [-0.05, 0) is 30.7 Å². The lowest BCUT2D eigenvalue weighted by molar-refractivity contribution is -0.137. The molecule has 0 saturated carbocycles. The lowest BCUT2D eigenvalue weighted by Crippen LogP contribution is -2.07. The van der Waals surface area contributed by atoms with Crippen LogP contribution in [0.25, 0.3) is 0 Å². The Kier molecular flexibility index (Phi) is 3.85. The molecule has 0 unspecified atom stereocenters. The number of hydrogen-bond donors (Lipinski definition) is 1. The lowest BCUT2D eigenvalue weighted by Gasteiger charge is -2.12. The van der Waals surface area contributed by atoms with Crippen LogP contribution >= 0.6 is 11.6 Å². The molecule has 5 heteroatoms. The van der Waals surface area contributed by atoms with Gasteiger partial charge in [-0.3, -0.25) is 0 Å². The second-order valence-corrected chi connectivity index (χ2v) is 3.30. The highest BCUT2D eigenvalue weighted by Gasteiger charge is 2.30. The van der Waals surface area contributed by atoms with Crippen LogP contribution in [0, 0.1) is 0 Å². The van der Waals surface area contributed by atoms with Crippen LogP contribution in [0.5, 0.6) is 0 Å². The van der Waals surface area contributed by atoms with Crippen LogP contribution in [-0.2, 0) is 12.1 Å². The number of alkyl halides is 4. The molecule has 0 aromatic heterocycles. The Bertz CT molecular complexity index is 336. The van der Waals surface area contributed by atoms with Crippen molar-refractivity contribution in [3.63, 3.8) is 0 Å². The van der Waals surface area contributed by atoms with Gasteiger partial charge in [0, 0.05) is 18.1 Å². The minimum Gasteiger partial charge on any atom is -0.385 e. The quantitative estimate of drug-likeness (QED) is 0.787. The van der Waals surface area contributed by atoms with Crippen LogP contribution in [0.1, 0.15) is 18.1 Å². The third-order valence-corrected chi connectivity index (χ3v) is 2.23. The largest absolute Gasteiger partial charge is 0.416 e. The molecule has 1 N–H and O–H groups in total. The molecule has 84 valence electrons. The number of halogens is 4. The first-order valence-corrected chi connectivity index (χ1v) is 5.02. The molecule has 0 atom stereocenters. The first-order chi connectivity index (χ1) is 6.99. The van der Waals surface area contributed by atoms with Crippen molar-refractivity contribution in [1.82, 2.24) is 0 Å². The van der Waals surface area contributed by atoms with Gasteiger partial charge in [0.15, 0.2) is 0 Å². The Morgan fingerprint density at radius 2 is 2.00 bits per heavy atom. The molecular formula is C10H11ClF3N. The van der Waals surface area contributed by atoms with E-state index in [-0.39, 0.29) is 5.88 Å². The highest BCUT2D eigenvalue weighted by atomic mass is 35.5. The molecule has 0 aliphatic heterocycles. The van der Waals surface area contributed by atoms with Crippen molar-refractivity contribution in [2.75, 3.05) is 11.9 Å². The highest BCUT2D eigenvalue weighted by Crippen LogP contribution is 2.32. The van der Waals surface area contributed by atoms with Crippen molar-refractivity contribution >= 4 is 17.3 Å². The zero-order valence-corrected chi connectivity index (χ0v) is 8.91. The van der Waals surface area contributed by atoms with Crippen LogP contribution in [-0.4, -0.2) is 6.54 Å². The summed E-state index contributed by atoms with van der Waals surface area (Å²) in [7, 11) is 0. The van der Waals surface area contributed by atoms with Crippen LogP contribution in [0.2, 0.25) is 0 Å². The molecule has 0 bridgehead atoms. The van der Waals surface area contributed by atoms with Gasteiger partial charge in [0.1, 0.15) is 0 Å². The molecular weight excluding hydrogens is 227 g/mol. The fourth-order valence-corrected chi connectivity index (χ4v) is 1.46. The van der Waals surface area contributed by atoms with Gasteiger partial charge in [-0.1, -0.05) is 0 Å². The summed E-state index contributed by atoms with van der Waals surface area (Å²) in [6, 6.07) is 3.53. The molecule has 0 amide bonds. The molecule has 0 radical (unpaired) electrons. The summed E-state index contributed by atoms with van der Waals surface area (Å²) in [5.74, 6) is 0.0618. The first kappa shape index (κ1) is 12.2. The molecule has 1 rings (SSSR count). The number of anilines is 1. The fraction of sp³-hybridized carbons (Fsp3) is 0.400. The van der Waals surface area contributed by atoms with Crippen LogP contribution in [0.3, 0.4) is 0 Å². The SMILES string of the molecule is CCNc1ccc(C(F)(F)F)cc1CCl. The Hall–Kier alpha value is -0.900. The van der Waals surface area contributed by atoms with Crippen molar-refractivity contribution in [2.45, 2.75) is 19.0 Å². The van der Waals surface area contributed by atoms with Gasteiger partial charge in [0.25, 0.3) is 0 Å². The summed E-state index contributed by atoms with van der Waals surface area (Å²) in [5, 5.41) is 2.95. The minimum absolute atomic E-state index is 0.0618. The predicted molar refractivity (Wildman–Crippen MR) is 55.2 cm³/mol. The Morgan fingerprint density at radius 1 is 1.33 bits per heavy atom. The molecule has 0 aliphatic carbocycles. The maximum absolute atomic E-state index is 12.4. The summed E-state index contributed by atoms with van der Waals surface area (Å²) in [4.78, 5) is 0. The summed E-state index contributed by atoms with van der Waals surface area (Å²) in [5.41, 5.74) is 0.452. The van der Waals surface area contributed by atoms with Gasteiger partial charge in [0.2, 0.25) is 0 Å². The van der Waals surface area contributed by atoms with Crippen molar-refractivity contribution in [2.24, 2.45) is 0 Å². The molecule has 0 spiro atoms. The molecule has 0 saturated heterocycles. The number of hydrogen-bond acceptors (Lipinski definition) is 1. The maximum Gasteiger partial charge on any atom is 0.416 e. The average Bonchev–Trinajstić information content (AvgIpc) is 2.17. The van der Waals surface area contributed by atoms with Gasteiger partial charge in [-0.15, -0.1) is 11.6 Å². The lowest BCUT2D eigenvalue weighted by atomic mass is 10.1. The van der Waals surface area contributed by atoms with Crippen molar-refractivity contribution < 1.29 is 13.2 Å². The van der Waals surface area contributed by atoms with Crippen molar-refractivity contribution in [3.05, 3.63) is 29.3 Å². The molecule has 1 nitrogen and oxygen atoms in total. The number of benzene rings is 1. The maximum atomic E-state index is 12.4. The van der Waals surface area contributed by atoms with E-state index in [0.717, 1.165) is 12.1 Å². The minimum atomic E-state index is -4.31. The monoisotopic (exact) mass is 237 g/mol. The Labute approximate surface area is 91.2 Å². The summed E-state index contributed by atoms with van der Waals surface area (Å²) in [6.45, 7) is 2.52. The molecule has 15 heavy (non-hydrogen) atoms. The predicted octanol–water partition coefficient (Wildman–Crippen LogP) is 3.88. The van der Waals surface area contributed by atoms with Gasteiger partial charge in [-0.2, -0.15) is 13.2 Å². The van der Waals surface area contributed by atoms with Gasteiger partial charge in [0.05, 0.1) is 5.56 Å². The highest BCUT2D eigenvalue weighted by molar-refractivity contribution is 6.17. The van der Waals surface area contributed by atoms with Crippen LogP contribution in [0.15, 0.2) is 18.2 Å². The summed E-state index contributed by atoms with van der Waals surface area (Å²) >= 11 is 5.58. The molecule has 0 heterocycles. The third-order valence-electron chi connectivity index (χ3n) is 1.94. The zero-order valence-electron chi connectivity index (χ0n) is 8.16. The third kappa shape index (κ3) is 3.02. The molecule has 0 aliphatic rings. The number of rotatable bonds is 3. The van der Waals surface area contributed by atoms with Crippen LogP contribution in [0.4, 0.5) is 18.9 Å². The second-order valence-electron chi connectivity index (χ2n) is 3.03. The van der Waals surface area contributed by atoms with E-state index < -0.39 is 11.7 Å². The van der Waals surface area contributed by atoms with Crippen LogP contribution < -0.4 is 5.32 Å². The topological polar surface area (TPSA) is 12.0 Å². The normalized spacial score (nSPS) is 11.5. The van der Waals surface area contributed by atoms with E-state index in [2.05, 4.69) is 5.32 Å². The van der Waals surface area contributed by atoms with Gasteiger partial charge in [-0.25, -0.2) is 0 Å². The van der Waals surface area contributed by atoms with Crippen molar-refractivity contribution in [1.29, 1.82) is 0 Å². The molecule has 1 aromatic rings. The summed E-state index contributed by atoms with van der Waals surface area (Å²) in [6.07, 6.45) is -4.31. The molecule has 1 aromatic carbocycles. The second kappa shape index (κ2) is 4.75. The van der Waals surface area contributed by atoms with Crippen molar-refractivity contribution in [3.8, 4) is 0 Å². The number of nitrogens with one attached hydrogen (secondary N) is 1. The Balaban J connectivity index is 3.08. The summed E-state index contributed by atoms with van der Waals surface area (Å²) < 4.78 is 37.1. The first-order valence-electron chi connectivity index (χ1n) is 4.49. The standard InChI is InChI=1S/C10H11ClF3N/c1-2-15-9-4-3-8(10(12,13)14)5-7(9)6-11/h3-5,15H,2,6H2,1H3. The average molecular weight is 238 g/mol. The Morgan fingerprint density at radius 3 is 2.47 bits per heavy atom. The van der Waals surface area contributed by atoms with E-state index in [1.807, 2.05) is 6.92 Å². The van der Waals surface area contributed by atoms with Gasteiger partial charge >= 0.3 is 6.18 Å².